The smallest absolute Gasteiger partial charge is 0.380 e. The zero-order valence-corrected chi connectivity index (χ0v) is 8.05. The van der Waals surface area contributed by atoms with Crippen molar-refractivity contribution in [3.63, 3.8) is 0 Å². The van der Waals surface area contributed by atoms with Gasteiger partial charge >= 0.3 is 6.18 Å². The number of primary amides is 1. The summed E-state index contributed by atoms with van der Waals surface area (Å²) in [6.45, 7) is -0.00810. The normalized spacial score (nSPS) is 22.7. The fraction of sp³-hybridized carbons (Fsp3) is 0.875. The van der Waals surface area contributed by atoms with Crippen LogP contribution >= 0.6 is 0 Å². The van der Waals surface area contributed by atoms with E-state index in [4.69, 9.17) is 5.73 Å². The predicted molar refractivity (Wildman–Crippen MR) is 45.9 cm³/mol. The third kappa shape index (κ3) is 2.82. The SMILES string of the molecule is NC(=O)CN1CCC(O)(C(F)(F)F)CC1. The first-order valence-electron chi connectivity index (χ1n) is 4.54. The van der Waals surface area contributed by atoms with E-state index in [2.05, 4.69) is 0 Å². The van der Waals surface area contributed by atoms with Crippen molar-refractivity contribution in [3.8, 4) is 0 Å². The Balaban J connectivity index is 2.52. The van der Waals surface area contributed by atoms with Gasteiger partial charge in [-0.25, -0.2) is 0 Å². The molecular formula is C8H13F3N2O2. The lowest BCUT2D eigenvalue weighted by Crippen LogP contribution is -2.54. The molecule has 0 aromatic rings. The highest BCUT2D eigenvalue weighted by atomic mass is 19.4. The Morgan fingerprint density at radius 3 is 2.20 bits per heavy atom. The summed E-state index contributed by atoms with van der Waals surface area (Å²) in [6, 6.07) is 0. The molecule has 0 spiro atoms. The summed E-state index contributed by atoms with van der Waals surface area (Å²) in [5, 5.41) is 9.29. The molecule has 1 heterocycles. The van der Waals surface area contributed by atoms with Crippen LogP contribution in [0.15, 0.2) is 0 Å². The minimum absolute atomic E-state index is 0.0267. The number of hydrogen-bond acceptors (Lipinski definition) is 3. The Morgan fingerprint density at radius 2 is 1.87 bits per heavy atom. The van der Waals surface area contributed by atoms with E-state index in [0.717, 1.165) is 0 Å². The minimum atomic E-state index is -4.61. The minimum Gasteiger partial charge on any atom is -0.380 e. The molecule has 1 rings (SSSR count). The summed E-state index contributed by atoms with van der Waals surface area (Å²) in [7, 11) is 0. The van der Waals surface area contributed by atoms with E-state index in [-0.39, 0.29) is 19.6 Å². The van der Waals surface area contributed by atoms with Crippen LogP contribution in [0.1, 0.15) is 12.8 Å². The number of nitrogens with two attached hydrogens (primary N) is 1. The van der Waals surface area contributed by atoms with Crippen molar-refractivity contribution < 1.29 is 23.1 Å². The molecule has 0 atom stereocenters. The maximum Gasteiger partial charge on any atom is 0.417 e. The number of amides is 1. The van der Waals surface area contributed by atoms with Gasteiger partial charge in [0, 0.05) is 13.1 Å². The van der Waals surface area contributed by atoms with Crippen LogP contribution in [0.5, 0.6) is 0 Å². The van der Waals surface area contributed by atoms with Gasteiger partial charge in [0.15, 0.2) is 5.60 Å². The molecule has 1 fully saturated rings. The maximum atomic E-state index is 12.4. The van der Waals surface area contributed by atoms with Crippen LogP contribution in [-0.2, 0) is 4.79 Å². The molecule has 0 aromatic heterocycles. The number of carbonyl (C=O) groups is 1. The molecule has 1 amide bonds. The standard InChI is InChI=1S/C8H13F3N2O2/c9-8(10,11)7(15)1-3-13(4-2-7)5-6(12)14/h15H,1-5H2,(H2,12,14). The molecule has 0 bridgehead atoms. The highest BCUT2D eigenvalue weighted by Gasteiger charge is 2.54. The van der Waals surface area contributed by atoms with E-state index in [1.807, 2.05) is 0 Å². The van der Waals surface area contributed by atoms with E-state index in [1.54, 1.807) is 0 Å². The second-order valence-electron chi connectivity index (χ2n) is 3.77. The van der Waals surface area contributed by atoms with Gasteiger partial charge in [-0.2, -0.15) is 13.2 Å². The molecule has 3 N–H and O–H groups in total. The van der Waals surface area contributed by atoms with Crippen molar-refractivity contribution in [3.05, 3.63) is 0 Å². The van der Waals surface area contributed by atoms with Crippen molar-refractivity contribution in [2.75, 3.05) is 19.6 Å². The van der Waals surface area contributed by atoms with E-state index in [0.29, 0.717) is 0 Å². The van der Waals surface area contributed by atoms with Gasteiger partial charge < -0.3 is 10.8 Å². The molecule has 0 radical (unpaired) electrons. The van der Waals surface area contributed by atoms with Gasteiger partial charge in [-0.1, -0.05) is 0 Å². The summed E-state index contributed by atoms with van der Waals surface area (Å²) >= 11 is 0. The summed E-state index contributed by atoms with van der Waals surface area (Å²) in [5.41, 5.74) is 2.30. The van der Waals surface area contributed by atoms with Gasteiger partial charge in [-0.15, -0.1) is 0 Å². The molecule has 1 saturated heterocycles. The average molecular weight is 226 g/mol. The zero-order chi connectivity index (χ0) is 11.7. The van der Waals surface area contributed by atoms with Crippen LogP contribution in [0.25, 0.3) is 0 Å². The molecule has 4 nitrogen and oxygen atoms in total. The Bertz CT molecular complexity index is 247. The molecular weight excluding hydrogens is 213 g/mol. The Labute approximate surface area is 84.8 Å². The first-order chi connectivity index (χ1) is 6.74. The first-order valence-corrected chi connectivity index (χ1v) is 4.54. The fourth-order valence-electron chi connectivity index (χ4n) is 1.58. The summed E-state index contributed by atoms with van der Waals surface area (Å²) in [6.07, 6.45) is -5.43. The Hall–Kier alpha value is -0.820. The number of carbonyl (C=O) groups excluding carboxylic acids is 1. The molecule has 88 valence electrons. The van der Waals surface area contributed by atoms with Crippen molar-refractivity contribution >= 4 is 5.91 Å². The van der Waals surface area contributed by atoms with Crippen molar-refractivity contribution in [2.24, 2.45) is 5.73 Å². The molecule has 15 heavy (non-hydrogen) atoms. The van der Waals surface area contributed by atoms with Crippen LogP contribution in [0.2, 0.25) is 0 Å². The molecule has 1 aliphatic rings. The molecule has 1 aliphatic heterocycles. The van der Waals surface area contributed by atoms with Gasteiger partial charge in [0.2, 0.25) is 5.91 Å². The summed E-state index contributed by atoms with van der Waals surface area (Å²) in [5.74, 6) is -0.576. The Kier molecular flexibility index (Phi) is 3.25. The average Bonchev–Trinajstić information content (AvgIpc) is 2.06. The zero-order valence-electron chi connectivity index (χ0n) is 8.05. The third-order valence-corrected chi connectivity index (χ3v) is 2.59. The van der Waals surface area contributed by atoms with Crippen LogP contribution in [-0.4, -0.2) is 47.3 Å². The monoisotopic (exact) mass is 226 g/mol. The van der Waals surface area contributed by atoms with Crippen molar-refractivity contribution in [1.82, 2.24) is 4.90 Å². The lowest BCUT2D eigenvalue weighted by molar-refractivity contribution is -0.272. The van der Waals surface area contributed by atoms with Crippen molar-refractivity contribution in [1.29, 1.82) is 0 Å². The largest absolute Gasteiger partial charge is 0.417 e. The van der Waals surface area contributed by atoms with E-state index in [9.17, 15) is 23.1 Å². The molecule has 7 heteroatoms. The summed E-state index contributed by atoms with van der Waals surface area (Å²) < 4.78 is 37.1. The predicted octanol–water partition coefficient (Wildman–Crippen LogP) is -0.139. The van der Waals surface area contributed by atoms with E-state index >= 15 is 0 Å². The fourth-order valence-corrected chi connectivity index (χ4v) is 1.58. The van der Waals surface area contributed by atoms with E-state index in [1.165, 1.54) is 4.90 Å². The molecule has 0 aromatic carbocycles. The molecule has 0 aliphatic carbocycles. The quantitative estimate of drug-likeness (QED) is 0.688. The number of aliphatic hydroxyl groups is 1. The number of hydrogen-bond donors (Lipinski definition) is 2. The number of alkyl halides is 3. The number of likely N-dealkylation sites (tertiary alicyclic amines) is 1. The number of halogens is 3. The summed E-state index contributed by atoms with van der Waals surface area (Å²) in [4.78, 5) is 12.0. The van der Waals surface area contributed by atoms with Gasteiger partial charge in [-0.05, 0) is 12.8 Å². The van der Waals surface area contributed by atoms with Gasteiger partial charge in [-0.3, -0.25) is 9.69 Å². The highest BCUT2D eigenvalue weighted by molar-refractivity contribution is 5.75. The van der Waals surface area contributed by atoms with Gasteiger partial charge in [0.25, 0.3) is 0 Å². The molecule has 0 saturated carbocycles. The third-order valence-electron chi connectivity index (χ3n) is 2.59. The van der Waals surface area contributed by atoms with E-state index < -0.39 is 30.5 Å². The second kappa shape index (κ2) is 3.97. The lowest BCUT2D eigenvalue weighted by atomic mass is 9.91. The molecule has 0 unspecified atom stereocenters. The van der Waals surface area contributed by atoms with Gasteiger partial charge in [0.05, 0.1) is 6.54 Å². The Morgan fingerprint density at radius 1 is 1.40 bits per heavy atom. The second-order valence-corrected chi connectivity index (χ2v) is 3.77. The first kappa shape index (κ1) is 12.3. The van der Waals surface area contributed by atoms with Crippen LogP contribution in [0.3, 0.4) is 0 Å². The van der Waals surface area contributed by atoms with Crippen LogP contribution in [0, 0.1) is 0 Å². The van der Waals surface area contributed by atoms with Crippen LogP contribution in [0.4, 0.5) is 13.2 Å². The van der Waals surface area contributed by atoms with Crippen LogP contribution < -0.4 is 5.73 Å². The maximum absolute atomic E-state index is 12.4. The number of nitrogens with zero attached hydrogens (tertiary/aromatic N) is 1. The topological polar surface area (TPSA) is 66.6 Å². The number of piperidine rings is 1. The lowest BCUT2D eigenvalue weighted by Gasteiger charge is -2.38. The van der Waals surface area contributed by atoms with Gasteiger partial charge in [0.1, 0.15) is 0 Å². The highest BCUT2D eigenvalue weighted by Crippen LogP contribution is 2.38. The van der Waals surface area contributed by atoms with Crippen molar-refractivity contribution in [2.45, 2.75) is 24.6 Å². The number of rotatable bonds is 2.